The van der Waals surface area contributed by atoms with Crippen molar-refractivity contribution in [2.45, 2.75) is 13.8 Å². The minimum absolute atomic E-state index is 0.0198. The van der Waals surface area contributed by atoms with Crippen LogP contribution in [-0.4, -0.2) is 48.1 Å². The summed E-state index contributed by atoms with van der Waals surface area (Å²) < 4.78 is 11.2. The lowest BCUT2D eigenvalue weighted by atomic mass is 10.2. The van der Waals surface area contributed by atoms with Crippen molar-refractivity contribution in [1.82, 2.24) is 10.2 Å². The molecule has 0 radical (unpaired) electrons. The fourth-order valence-electron chi connectivity index (χ4n) is 3.27. The highest BCUT2D eigenvalue weighted by Crippen LogP contribution is 2.14. The van der Waals surface area contributed by atoms with Crippen LogP contribution in [0.5, 0.6) is 11.5 Å². The van der Waals surface area contributed by atoms with Crippen LogP contribution in [0, 0.1) is 0 Å². The third-order valence-corrected chi connectivity index (χ3v) is 5.35. The molecule has 2 N–H and O–H groups in total. The van der Waals surface area contributed by atoms with Crippen LogP contribution in [0.1, 0.15) is 34.6 Å². The predicted octanol–water partition coefficient (Wildman–Crippen LogP) is 4.75. The van der Waals surface area contributed by atoms with E-state index in [4.69, 9.17) is 21.7 Å². The van der Waals surface area contributed by atoms with Gasteiger partial charge in [0.05, 0.1) is 0 Å². The molecule has 0 fully saturated rings. The summed E-state index contributed by atoms with van der Waals surface area (Å²) in [6.45, 7) is 6.00. The van der Waals surface area contributed by atoms with Crippen molar-refractivity contribution >= 4 is 34.8 Å². The van der Waals surface area contributed by atoms with E-state index in [0.717, 1.165) is 5.75 Å². The van der Waals surface area contributed by atoms with Gasteiger partial charge in [0, 0.05) is 29.9 Å². The number of benzene rings is 3. The first kappa shape index (κ1) is 25.7. The number of para-hydroxylation sites is 1. The number of carbonyl (C=O) groups is 2. The molecule has 3 aromatic carbocycles. The van der Waals surface area contributed by atoms with Crippen molar-refractivity contribution < 1.29 is 19.1 Å². The van der Waals surface area contributed by atoms with Crippen molar-refractivity contribution in [3.8, 4) is 11.5 Å². The van der Waals surface area contributed by atoms with E-state index in [2.05, 4.69) is 10.6 Å². The maximum absolute atomic E-state index is 12.5. The Hall–Kier alpha value is -3.91. The SMILES string of the molecule is CCN(CC)C(=O)c1ccc(NC(=S)NC(=O)c2ccc(OCCOc3ccccc3)cc2)cc1. The van der Waals surface area contributed by atoms with Gasteiger partial charge < -0.3 is 19.7 Å². The van der Waals surface area contributed by atoms with Gasteiger partial charge in [0.15, 0.2) is 5.11 Å². The van der Waals surface area contributed by atoms with Crippen LogP contribution >= 0.6 is 12.2 Å². The minimum Gasteiger partial charge on any atom is -0.490 e. The second kappa shape index (κ2) is 13.1. The first-order chi connectivity index (χ1) is 17.0. The van der Waals surface area contributed by atoms with E-state index >= 15 is 0 Å². The molecule has 2 amide bonds. The van der Waals surface area contributed by atoms with Crippen LogP contribution in [0.15, 0.2) is 78.9 Å². The lowest BCUT2D eigenvalue weighted by molar-refractivity contribution is 0.0772. The smallest absolute Gasteiger partial charge is 0.257 e. The topological polar surface area (TPSA) is 79.9 Å². The van der Waals surface area contributed by atoms with Gasteiger partial charge >= 0.3 is 0 Å². The lowest BCUT2D eigenvalue weighted by Crippen LogP contribution is -2.34. The third kappa shape index (κ3) is 7.82. The largest absolute Gasteiger partial charge is 0.490 e. The number of amides is 2. The monoisotopic (exact) mass is 491 g/mol. The van der Waals surface area contributed by atoms with Crippen LogP contribution in [0.4, 0.5) is 5.69 Å². The van der Waals surface area contributed by atoms with Gasteiger partial charge in [-0.15, -0.1) is 0 Å². The molecular formula is C27H29N3O4S. The number of hydrogen-bond acceptors (Lipinski definition) is 5. The second-order valence-electron chi connectivity index (χ2n) is 7.50. The Morgan fingerprint density at radius 3 is 1.89 bits per heavy atom. The Morgan fingerprint density at radius 2 is 1.31 bits per heavy atom. The van der Waals surface area contributed by atoms with Gasteiger partial charge in [0.1, 0.15) is 24.7 Å². The van der Waals surface area contributed by atoms with E-state index in [0.29, 0.717) is 48.9 Å². The van der Waals surface area contributed by atoms with Crippen molar-refractivity contribution in [2.75, 3.05) is 31.6 Å². The number of nitrogens with zero attached hydrogens (tertiary/aromatic N) is 1. The molecule has 0 aliphatic rings. The Kier molecular flexibility index (Phi) is 9.62. The maximum Gasteiger partial charge on any atom is 0.257 e. The average molecular weight is 492 g/mol. The molecule has 3 rings (SSSR count). The molecule has 8 heteroatoms. The number of nitrogens with one attached hydrogen (secondary N) is 2. The fraction of sp³-hybridized carbons (Fsp3) is 0.222. The van der Waals surface area contributed by atoms with Crippen molar-refractivity contribution in [3.05, 3.63) is 90.0 Å². The van der Waals surface area contributed by atoms with Gasteiger partial charge in [-0.25, -0.2) is 0 Å². The first-order valence-electron chi connectivity index (χ1n) is 11.4. The molecule has 0 spiro atoms. The molecular weight excluding hydrogens is 462 g/mol. The molecule has 0 bridgehead atoms. The standard InChI is InChI=1S/C27H29N3O4S/c1-3-30(4-2)26(32)21-10-14-22(15-11-21)28-27(35)29-25(31)20-12-16-24(17-13-20)34-19-18-33-23-8-6-5-7-9-23/h5-17H,3-4,18-19H2,1-2H3,(H2,28,29,31,35). The molecule has 182 valence electrons. The quantitative estimate of drug-likeness (QED) is 0.315. The summed E-state index contributed by atoms with van der Waals surface area (Å²) in [6, 6.07) is 23.3. The summed E-state index contributed by atoms with van der Waals surface area (Å²) >= 11 is 5.26. The Balaban J connectivity index is 1.44. The summed E-state index contributed by atoms with van der Waals surface area (Å²) in [5.74, 6) is 1.07. The molecule has 0 aromatic heterocycles. The molecule has 35 heavy (non-hydrogen) atoms. The summed E-state index contributed by atoms with van der Waals surface area (Å²) in [7, 11) is 0. The number of hydrogen-bond donors (Lipinski definition) is 2. The van der Waals surface area contributed by atoms with E-state index in [9.17, 15) is 9.59 Å². The van der Waals surface area contributed by atoms with Gasteiger partial charge in [0.2, 0.25) is 0 Å². The Morgan fingerprint density at radius 1 is 0.771 bits per heavy atom. The summed E-state index contributed by atoms with van der Waals surface area (Å²) in [4.78, 5) is 26.7. The highest BCUT2D eigenvalue weighted by molar-refractivity contribution is 7.80. The van der Waals surface area contributed by atoms with E-state index in [1.807, 2.05) is 44.2 Å². The average Bonchev–Trinajstić information content (AvgIpc) is 2.88. The van der Waals surface area contributed by atoms with Gasteiger partial charge in [-0.2, -0.15) is 0 Å². The van der Waals surface area contributed by atoms with E-state index in [-0.39, 0.29) is 16.9 Å². The maximum atomic E-state index is 12.5. The molecule has 0 saturated heterocycles. The zero-order valence-corrected chi connectivity index (χ0v) is 20.6. The molecule has 0 unspecified atom stereocenters. The number of thiocarbonyl (C=S) groups is 1. The van der Waals surface area contributed by atoms with E-state index in [1.54, 1.807) is 53.4 Å². The van der Waals surface area contributed by atoms with Crippen LogP contribution < -0.4 is 20.1 Å². The predicted molar refractivity (Wildman–Crippen MR) is 141 cm³/mol. The highest BCUT2D eigenvalue weighted by atomic mass is 32.1. The molecule has 0 heterocycles. The molecule has 0 aliphatic heterocycles. The van der Waals surface area contributed by atoms with Crippen molar-refractivity contribution in [1.29, 1.82) is 0 Å². The van der Waals surface area contributed by atoms with Crippen LogP contribution in [0.25, 0.3) is 0 Å². The normalized spacial score (nSPS) is 10.2. The van der Waals surface area contributed by atoms with Gasteiger partial charge in [-0.05, 0) is 86.7 Å². The number of rotatable bonds is 10. The number of carbonyl (C=O) groups excluding carboxylic acids is 2. The molecule has 0 aliphatic carbocycles. The number of anilines is 1. The lowest BCUT2D eigenvalue weighted by Gasteiger charge is -2.18. The van der Waals surface area contributed by atoms with E-state index in [1.165, 1.54) is 0 Å². The Labute approximate surface area is 211 Å². The van der Waals surface area contributed by atoms with E-state index < -0.39 is 0 Å². The molecule has 0 atom stereocenters. The van der Waals surface area contributed by atoms with Crippen molar-refractivity contribution in [3.63, 3.8) is 0 Å². The Bertz CT molecular complexity index is 1120. The summed E-state index contributed by atoms with van der Waals surface area (Å²) in [6.07, 6.45) is 0. The molecule has 3 aromatic rings. The highest BCUT2D eigenvalue weighted by Gasteiger charge is 2.13. The second-order valence-corrected chi connectivity index (χ2v) is 7.91. The van der Waals surface area contributed by atoms with Crippen molar-refractivity contribution in [2.24, 2.45) is 0 Å². The molecule has 7 nitrogen and oxygen atoms in total. The number of ether oxygens (including phenoxy) is 2. The minimum atomic E-state index is -0.338. The van der Waals surface area contributed by atoms with Crippen LogP contribution in [0.3, 0.4) is 0 Å². The van der Waals surface area contributed by atoms with Gasteiger partial charge in [-0.3, -0.25) is 14.9 Å². The van der Waals surface area contributed by atoms with Crippen LogP contribution in [-0.2, 0) is 0 Å². The zero-order chi connectivity index (χ0) is 25.0. The zero-order valence-electron chi connectivity index (χ0n) is 19.8. The fourth-order valence-corrected chi connectivity index (χ4v) is 3.48. The van der Waals surface area contributed by atoms with Crippen LogP contribution in [0.2, 0.25) is 0 Å². The molecule has 0 saturated carbocycles. The van der Waals surface area contributed by atoms with Gasteiger partial charge in [0.25, 0.3) is 11.8 Å². The van der Waals surface area contributed by atoms with Gasteiger partial charge in [-0.1, -0.05) is 18.2 Å². The first-order valence-corrected chi connectivity index (χ1v) is 11.8. The summed E-state index contributed by atoms with van der Waals surface area (Å²) in [5, 5.41) is 5.78. The summed E-state index contributed by atoms with van der Waals surface area (Å²) in [5.41, 5.74) is 1.72. The third-order valence-electron chi connectivity index (χ3n) is 5.15.